The molecule has 1 aliphatic rings. The van der Waals surface area contributed by atoms with Crippen LogP contribution in [0.5, 0.6) is 0 Å². The summed E-state index contributed by atoms with van der Waals surface area (Å²) in [5, 5.41) is 9.54. The van der Waals surface area contributed by atoms with E-state index in [-0.39, 0.29) is 0 Å². The molecule has 0 saturated carbocycles. The van der Waals surface area contributed by atoms with Crippen molar-refractivity contribution in [3.05, 3.63) is 23.8 Å². The second-order valence-electron chi connectivity index (χ2n) is 5.46. The molecule has 0 aliphatic carbocycles. The van der Waals surface area contributed by atoms with Crippen LogP contribution in [-0.2, 0) is 0 Å². The van der Waals surface area contributed by atoms with Crippen LogP contribution in [0.4, 0.5) is 5.69 Å². The molecule has 0 radical (unpaired) electrons. The first-order chi connectivity index (χ1) is 9.58. The van der Waals surface area contributed by atoms with Crippen LogP contribution in [0.15, 0.2) is 23.1 Å². The zero-order valence-electron chi connectivity index (χ0n) is 12.8. The van der Waals surface area contributed by atoms with E-state index in [2.05, 4.69) is 61.9 Å². The fourth-order valence-corrected chi connectivity index (χ4v) is 3.55. The van der Waals surface area contributed by atoms with E-state index in [1.165, 1.54) is 0 Å². The average molecular weight is 289 g/mol. The second-order valence-corrected chi connectivity index (χ2v) is 6.77. The molecule has 2 rings (SSSR count). The molecule has 0 bridgehead atoms. The Morgan fingerprint density at radius 3 is 2.50 bits per heavy atom. The Morgan fingerprint density at radius 2 is 1.95 bits per heavy atom. The molecule has 1 aromatic carbocycles. The van der Waals surface area contributed by atoms with Crippen molar-refractivity contribution in [2.24, 2.45) is 0 Å². The Balaban J connectivity index is 2.33. The molecule has 0 N–H and O–H groups in total. The van der Waals surface area contributed by atoms with Crippen molar-refractivity contribution in [1.82, 2.24) is 4.90 Å². The Kier molecular flexibility index (Phi) is 4.95. The van der Waals surface area contributed by atoms with Gasteiger partial charge in [0.2, 0.25) is 0 Å². The molecule has 0 aromatic heterocycles. The van der Waals surface area contributed by atoms with Crippen LogP contribution in [0.1, 0.15) is 26.3 Å². The number of benzene rings is 1. The highest BCUT2D eigenvalue weighted by molar-refractivity contribution is 7.99. The van der Waals surface area contributed by atoms with Crippen molar-refractivity contribution in [2.75, 3.05) is 30.8 Å². The topological polar surface area (TPSA) is 30.3 Å². The van der Waals surface area contributed by atoms with Gasteiger partial charge in [0, 0.05) is 30.1 Å². The van der Waals surface area contributed by atoms with Crippen LogP contribution in [0, 0.1) is 11.3 Å². The van der Waals surface area contributed by atoms with Crippen molar-refractivity contribution in [3.8, 4) is 6.07 Å². The molecule has 2 unspecified atom stereocenters. The Bertz CT molecular complexity index is 497. The summed E-state index contributed by atoms with van der Waals surface area (Å²) >= 11 is 1.75. The summed E-state index contributed by atoms with van der Waals surface area (Å²) in [6.45, 7) is 8.59. The van der Waals surface area contributed by atoms with Gasteiger partial charge in [-0.15, -0.1) is 11.8 Å². The smallest absolute Gasteiger partial charge is 0.103 e. The first-order valence-electron chi connectivity index (χ1n) is 7.21. The Hall–Kier alpha value is -1.18. The van der Waals surface area contributed by atoms with Gasteiger partial charge in [0.25, 0.3) is 0 Å². The van der Waals surface area contributed by atoms with Gasteiger partial charge in [-0.05, 0) is 38.8 Å². The standard InChI is InChI=1S/C16H23N3S/c1-5-20-16-8-6-7-15(14(16)9-17)19-10-12(2)18(4)13(3)11-19/h6-8,12-13H,5,10-11H2,1-4H3. The molecule has 1 fully saturated rings. The largest absolute Gasteiger partial charge is 0.367 e. The van der Waals surface area contributed by atoms with Gasteiger partial charge in [-0.25, -0.2) is 0 Å². The summed E-state index contributed by atoms with van der Waals surface area (Å²) in [5.74, 6) is 0.994. The lowest BCUT2D eigenvalue weighted by Crippen LogP contribution is -2.55. The normalized spacial score (nSPS) is 23.6. The van der Waals surface area contributed by atoms with E-state index in [1.807, 2.05) is 0 Å². The minimum Gasteiger partial charge on any atom is -0.367 e. The maximum absolute atomic E-state index is 9.54. The number of piperazine rings is 1. The van der Waals surface area contributed by atoms with Crippen LogP contribution in [0.2, 0.25) is 0 Å². The number of anilines is 1. The lowest BCUT2D eigenvalue weighted by atomic mass is 10.1. The van der Waals surface area contributed by atoms with E-state index in [4.69, 9.17) is 0 Å². The lowest BCUT2D eigenvalue weighted by molar-refractivity contribution is 0.170. The Labute approximate surface area is 126 Å². The molecule has 0 amide bonds. The third kappa shape index (κ3) is 2.94. The second kappa shape index (κ2) is 6.51. The molecule has 1 saturated heterocycles. The van der Waals surface area contributed by atoms with Gasteiger partial charge in [0.05, 0.1) is 11.3 Å². The number of hydrogen-bond donors (Lipinski definition) is 0. The molecule has 1 heterocycles. The summed E-state index contributed by atoms with van der Waals surface area (Å²) in [4.78, 5) is 5.88. The van der Waals surface area contributed by atoms with Crippen LogP contribution in [-0.4, -0.2) is 42.9 Å². The summed E-state index contributed by atoms with van der Waals surface area (Å²) in [7, 11) is 2.18. The third-order valence-electron chi connectivity index (χ3n) is 4.12. The van der Waals surface area contributed by atoms with Crippen molar-refractivity contribution < 1.29 is 0 Å². The number of likely N-dealkylation sites (N-methyl/N-ethyl adjacent to an activating group) is 1. The van der Waals surface area contributed by atoms with Gasteiger partial charge < -0.3 is 4.90 Å². The van der Waals surface area contributed by atoms with Crippen LogP contribution in [0.25, 0.3) is 0 Å². The zero-order valence-corrected chi connectivity index (χ0v) is 13.6. The van der Waals surface area contributed by atoms with Crippen molar-refractivity contribution >= 4 is 17.4 Å². The number of hydrogen-bond acceptors (Lipinski definition) is 4. The van der Waals surface area contributed by atoms with Crippen LogP contribution < -0.4 is 4.90 Å². The molecular formula is C16H23N3S. The van der Waals surface area contributed by atoms with E-state index < -0.39 is 0 Å². The lowest BCUT2D eigenvalue weighted by Gasteiger charge is -2.43. The van der Waals surface area contributed by atoms with Gasteiger partial charge in [-0.1, -0.05) is 13.0 Å². The van der Waals surface area contributed by atoms with Gasteiger partial charge >= 0.3 is 0 Å². The number of rotatable bonds is 3. The van der Waals surface area contributed by atoms with E-state index in [0.717, 1.165) is 35.0 Å². The Morgan fingerprint density at radius 1 is 1.30 bits per heavy atom. The number of nitrogens with zero attached hydrogens (tertiary/aromatic N) is 3. The minimum absolute atomic E-state index is 0.507. The van der Waals surface area contributed by atoms with E-state index in [1.54, 1.807) is 11.8 Å². The monoisotopic (exact) mass is 289 g/mol. The van der Waals surface area contributed by atoms with Gasteiger partial charge in [0.15, 0.2) is 0 Å². The molecule has 1 aromatic rings. The molecule has 3 nitrogen and oxygen atoms in total. The average Bonchev–Trinajstić information content (AvgIpc) is 2.44. The molecule has 4 heteroatoms. The van der Waals surface area contributed by atoms with Gasteiger partial charge in [-0.3, -0.25) is 4.90 Å². The number of nitriles is 1. The molecule has 20 heavy (non-hydrogen) atoms. The summed E-state index contributed by atoms with van der Waals surface area (Å²) in [6, 6.07) is 9.64. The minimum atomic E-state index is 0.507. The highest BCUT2D eigenvalue weighted by Gasteiger charge is 2.28. The molecule has 2 atom stereocenters. The van der Waals surface area contributed by atoms with Crippen molar-refractivity contribution in [1.29, 1.82) is 5.26 Å². The fraction of sp³-hybridized carbons (Fsp3) is 0.562. The van der Waals surface area contributed by atoms with E-state index in [9.17, 15) is 5.26 Å². The first-order valence-corrected chi connectivity index (χ1v) is 8.19. The molecular weight excluding hydrogens is 266 g/mol. The van der Waals surface area contributed by atoms with Crippen LogP contribution in [0.3, 0.4) is 0 Å². The first kappa shape index (κ1) is 15.2. The maximum Gasteiger partial charge on any atom is 0.103 e. The van der Waals surface area contributed by atoms with Gasteiger partial charge in [-0.2, -0.15) is 5.26 Å². The SMILES string of the molecule is CCSc1cccc(N2CC(C)N(C)C(C)C2)c1C#N. The van der Waals surface area contributed by atoms with Gasteiger partial charge in [0.1, 0.15) is 6.07 Å². The third-order valence-corrected chi connectivity index (χ3v) is 5.06. The molecule has 1 aliphatic heterocycles. The molecule has 0 spiro atoms. The highest BCUT2D eigenvalue weighted by atomic mass is 32.2. The predicted octanol–water partition coefficient (Wildman–Crippen LogP) is 3.20. The zero-order chi connectivity index (χ0) is 14.7. The predicted molar refractivity (Wildman–Crippen MR) is 86.5 cm³/mol. The summed E-state index contributed by atoms with van der Waals surface area (Å²) in [5.41, 5.74) is 1.93. The fourth-order valence-electron chi connectivity index (χ4n) is 2.77. The van der Waals surface area contributed by atoms with Crippen molar-refractivity contribution in [2.45, 2.75) is 37.8 Å². The van der Waals surface area contributed by atoms with E-state index in [0.29, 0.717) is 12.1 Å². The summed E-state index contributed by atoms with van der Waals surface area (Å²) in [6.07, 6.45) is 0. The van der Waals surface area contributed by atoms with Crippen LogP contribution >= 0.6 is 11.8 Å². The number of thioether (sulfide) groups is 1. The van der Waals surface area contributed by atoms with Crippen molar-refractivity contribution in [3.63, 3.8) is 0 Å². The summed E-state index contributed by atoms with van der Waals surface area (Å²) < 4.78 is 0. The maximum atomic E-state index is 9.54. The van der Waals surface area contributed by atoms with E-state index >= 15 is 0 Å². The molecule has 108 valence electrons. The quantitative estimate of drug-likeness (QED) is 0.799. The highest BCUT2D eigenvalue weighted by Crippen LogP contribution is 2.32.